The van der Waals surface area contributed by atoms with E-state index in [9.17, 15) is 13.6 Å². The summed E-state index contributed by atoms with van der Waals surface area (Å²) >= 11 is 0. The molecule has 1 aliphatic carbocycles. The van der Waals surface area contributed by atoms with Crippen molar-refractivity contribution < 1.29 is 13.6 Å². The number of hydrogen-bond acceptors (Lipinski definition) is 3. The summed E-state index contributed by atoms with van der Waals surface area (Å²) in [4.78, 5) is 15.7. The molecule has 1 aromatic heterocycles. The zero-order valence-electron chi connectivity index (χ0n) is 9.90. The zero-order valence-corrected chi connectivity index (χ0v) is 9.90. The lowest BCUT2D eigenvalue weighted by Gasteiger charge is -2.22. The second-order valence-corrected chi connectivity index (χ2v) is 4.57. The molecule has 3 N–H and O–H groups in total. The molecule has 1 fully saturated rings. The number of rotatable bonds is 4. The first-order valence-electron chi connectivity index (χ1n) is 5.90. The van der Waals surface area contributed by atoms with Crippen molar-refractivity contribution in [2.75, 3.05) is 0 Å². The van der Waals surface area contributed by atoms with E-state index >= 15 is 0 Å². The van der Waals surface area contributed by atoms with E-state index in [0.717, 1.165) is 17.4 Å². The van der Waals surface area contributed by atoms with Crippen molar-refractivity contribution in [1.29, 1.82) is 0 Å². The van der Waals surface area contributed by atoms with Gasteiger partial charge in [-0.1, -0.05) is 12.8 Å². The Bertz CT molecular complexity index is 426. The molecule has 0 aliphatic heterocycles. The average Bonchev–Trinajstić information content (AvgIpc) is 2.95. The van der Waals surface area contributed by atoms with Gasteiger partial charge >= 0.3 is 6.55 Å². The van der Waals surface area contributed by atoms with E-state index in [1.54, 1.807) is 0 Å². The summed E-state index contributed by atoms with van der Waals surface area (Å²) in [6, 6.07) is 0. The highest BCUT2D eigenvalue weighted by Gasteiger charge is 2.36. The van der Waals surface area contributed by atoms with Crippen molar-refractivity contribution in [1.82, 2.24) is 14.9 Å². The number of halogens is 2. The van der Waals surface area contributed by atoms with Crippen molar-refractivity contribution in [3.8, 4) is 0 Å². The second kappa shape index (κ2) is 5.01. The van der Waals surface area contributed by atoms with E-state index in [1.807, 2.05) is 0 Å². The molecular weight excluding hydrogens is 242 g/mol. The summed E-state index contributed by atoms with van der Waals surface area (Å²) in [5.41, 5.74) is 5.11. The summed E-state index contributed by atoms with van der Waals surface area (Å²) < 4.78 is 25.8. The largest absolute Gasteiger partial charge is 0.347 e. The summed E-state index contributed by atoms with van der Waals surface area (Å²) in [7, 11) is 0. The van der Waals surface area contributed by atoms with Crippen LogP contribution in [0.1, 0.15) is 38.1 Å². The monoisotopic (exact) mass is 258 g/mol. The number of nitrogens with one attached hydrogen (secondary N) is 1. The van der Waals surface area contributed by atoms with Crippen LogP contribution >= 0.6 is 0 Å². The third kappa shape index (κ3) is 2.50. The van der Waals surface area contributed by atoms with Crippen molar-refractivity contribution in [2.45, 2.75) is 44.3 Å². The van der Waals surface area contributed by atoms with Gasteiger partial charge in [0.15, 0.2) is 0 Å². The molecule has 1 aliphatic rings. The molecule has 0 saturated heterocycles. The number of carbonyl (C=O) groups is 1. The predicted octanol–water partition coefficient (Wildman–Crippen LogP) is 1.17. The third-order valence-corrected chi connectivity index (χ3v) is 3.31. The SMILES string of the molecule is NC1(C(=O)NCc2nccn2C(F)F)CCCC1. The molecule has 0 spiro atoms. The molecule has 7 heteroatoms. The van der Waals surface area contributed by atoms with Gasteiger partial charge in [-0.3, -0.25) is 9.36 Å². The minimum Gasteiger partial charge on any atom is -0.347 e. The maximum absolute atomic E-state index is 12.5. The highest BCUT2D eigenvalue weighted by atomic mass is 19.3. The zero-order chi connectivity index (χ0) is 13.2. The van der Waals surface area contributed by atoms with Crippen LogP contribution in [0.5, 0.6) is 0 Å². The minimum absolute atomic E-state index is 0.0326. The number of alkyl halides is 2. The lowest BCUT2D eigenvalue weighted by molar-refractivity contribution is -0.126. The summed E-state index contributed by atoms with van der Waals surface area (Å²) in [6.07, 6.45) is 5.59. The minimum atomic E-state index is -2.65. The van der Waals surface area contributed by atoms with E-state index in [2.05, 4.69) is 10.3 Å². The molecule has 18 heavy (non-hydrogen) atoms. The third-order valence-electron chi connectivity index (χ3n) is 3.31. The number of hydrogen-bond donors (Lipinski definition) is 2. The molecule has 0 bridgehead atoms. The van der Waals surface area contributed by atoms with E-state index < -0.39 is 12.1 Å². The van der Waals surface area contributed by atoms with Crippen LogP contribution in [-0.2, 0) is 11.3 Å². The quantitative estimate of drug-likeness (QED) is 0.851. The van der Waals surface area contributed by atoms with Crippen LogP contribution < -0.4 is 11.1 Å². The average molecular weight is 258 g/mol. The fraction of sp³-hybridized carbons (Fsp3) is 0.636. The first-order valence-corrected chi connectivity index (χ1v) is 5.90. The molecule has 0 aromatic carbocycles. The van der Waals surface area contributed by atoms with Crippen molar-refractivity contribution >= 4 is 5.91 Å². The van der Waals surface area contributed by atoms with Gasteiger partial charge in [0.1, 0.15) is 5.82 Å². The number of nitrogens with zero attached hydrogens (tertiary/aromatic N) is 2. The van der Waals surface area contributed by atoms with Gasteiger partial charge in [0.05, 0.1) is 12.1 Å². The number of carbonyl (C=O) groups excluding carboxylic acids is 1. The van der Waals surface area contributed by atoms with Crippen LogP contribution in [0.15, 0.2) is 12.4 Å². The second-order valence-electron chi connectivity index (χ2n) is 4.57. The number of imidazole rings is 1. The van der Waals surface area contributed by atoms with Crippen molar-refractivity contribution in [2.24, 2.45) is 5.73 Å². The maximum Gasteiger partial charge on any atom is 0.319 e. The smallest absolute Gasteiger partial charge is 0.319 e. The van der Waals surface area contributed by atoms with Crippen molar-refractivity contribution in [3.63, 3.8) is 0 Å². The molecule has 100 valence electrons. The topological polar surface area (TPSA) is 72.9 Å². The van der Waals surface area contributed by atoms with Gasteiger partial charge in [0.2, 0.25) is 5.91 Å². The molecule has 1 heterocycles. The maximum atomic E-state index is 12.5. The van der Waals surface area contributed by atoms with Crippen LogP contribution in [0.25, 0.3) is 0 Å². The first-order chi connectivity index (χ1) is 8.53. The molecule has 0 radical (unpaired) electrons. The Morgan fingerprint density at radius 1 is 1.56 bits per heavy atom. The number of amides is 1. The fourth-order valence-electron chi connectivity index (χ4n) is 2.23. The molecule has 1 aromatic rings. The Balaban J connectivity index is 1.95. The highest BCUT2D eigenvalue weighted by Crippen LogP contribution is 2.27. The van der Waals surface area contributed by atoms with Gasteiger partial charge in [-0.15, -0.1) is 0 Å². The highest BCUT2D eigenvalue weighted by molar-refractivity contribution is 5.86. The summed E-state index contributed by atoms with van der Waals surface area (Å²) in [5, 5.41) is 2.58. The molecule has 1 saturated carbocycles. The van der Waals surface area contributed by atoms with Gasteiger partial charge in [-0.2, -0.15) is 8.78 Å². The van der Waals surface area contributed by atoms with E-state index in [1.165, 1.54) is 12.4 Å². The Morgan fingerprint density at radius 2 is 2.22 bits per heavy atom. The van der Waals surface area contributed by atoms with E-state index in [-0.39, 0.29) is 18.3 Å². The predicted molar refractivity (Wildman–Crippen MR) is 60.7 cm³/mol. The lowest BCUT2D eigenvalue weighted by atomic mass is 9.98. The normalized spacial score (nSPS) is 18.2. The van der Waals surface area contributed by atoms with Gasteiger partial charge < -0.3 is 11.1 Å². The van der Waals surface area contributed by atoms with Crippen LogP contribution in [0, 0.1) is 0 Å². The number of aromatic nitrogens is 2. The molecular formula is C11H16F2N4O. The fourth-order valence-corrected chi connectivity index (χ4v) is 2.23. The molecule has 5 nitrogen and oxygen atoms in total. The van der Waals surface area contributed by atoms with Gasteiger partial charge in [-0.05, 0) is 12.8 Å². The van der Waals surface area contributed by atoms with Crippen molar-refractivity contribution in [3.05, 3.63) is 18.2 Å². The standard InChI is InChI=1S/C11H16F2N4O/c12-10(13)17-6-5-15-8(17)7-16-9(18)11(14)3-1-2-4-11/h5-6,10H,1-4,7,14H2,(H,16,18). The molecule has 2 rings (SSSR count). The Labute approximate surface area is 103 Å². The van der Waals surface area contributed by atoms with Crippen LogP contribution in [-0.4, -0.2) is 21.0 Å². The summed E-state index contributed by atoms with van der Waals surface area (Å²) in [5.74, 6) is -0.163. The van der Waals surface area contributed by atoms with Gasteiger partial charge in [0.25, 0.3) is 0 Å². The molecule has 0 atom stereocenters. The summed E-state index contributed by atoms with van der Waals surface area (Å²) in [6.45, 7) is -2.69. The Kier molecular flexibility index (Phi) is 3.60. The first kappa shape index (κ1) is 12.9. The van der Waals surface area contributed by atoms with Crippen LogP contribution in [0.4, 0.5) is 8.78 Å². The Morgan fingerprint density at radius 3 is 2.83 bits per heavy atom. The Hall–Kier alpha value is -1.50. The molecule has 1 amide bonds. The van der Waals surface area contributed by atoms with E-state index in [0.29, 0.717) is 12.8 Å². The number of nitrogens with two attached hydrogens (primary N) is 1. The van der Waals surface area contributed by atoms with E-state index in [4.69, 9.17) is 5.73 Å². The lowest BCUT2D eigenvalue weighted by Crippen LogP contribution is -2.51. The van der Waals surface area contributed by atoms with Gasteiger partial charge in [-0.25, -0.2) is 4.98 Å². The van der Waals surface area contributed by atoms with Crippen LogP contribution in [0.3, 0.4) is 0 Å². The van der Waals surface area contributed by atoms with Crippen LogP contribution in [0.2, 0.25) is 0 Å². The van der Waals surface area contributed by atoms with Gasteiger partial charge in [0, 0.05) is 12.4 Å². The molecule has 0 unspecified atom stereocenters.